The van der Waals surface area contributed by atoms with Crippen LogP contribution in [0.3, 0.4) is 0 Å². The van der Waals surface area contributed by atoms with Gasteiger partial charge in [0.25, 0.3) is 0 Å². The maximum Gasteiger partial charge on any atom is 0.418 e. The number of benzene rings is 2. The lowest BCUT2D eigenvalue weighted by Crippen LogP contribution is -2.18. The highest BCUT2D eigenvalue weighted by atomic mass is 32.2. The number of para-hydroxylation sites is 3. The highest BCUT2D eigenvalue weighted by Crippen LogP contribution is 2.34. The molecule has 0 aliphatic rings. The molecule has 0 saturated heterocycles. The molecule has 3 rings (SSSR count). The smallest absolute Gasteiger partial charge is 0.418 e. The quantitative estimate of drug-likeness (QED) is 0.582. The standard InChI is InChI=1S/C18H16F3N5O2S/c1-2-28-15-10-6-5-9-14(15)26-17(23-24-25-26)29-11-16(27)22-13-8-4-3-7-12(13)18(19,20)21/h3-10H,2,11H2,1H3,(H,22,27). The summed E-state index contributed by atoms with van der Waals surface area (Å²) in [7, 11) is 0. The minimum atomic E-state index is -4.57. The average Bonchev–Trinajstić information content (AvgIpc) is 3.15. The van der Waals surface area contributed by atoms with Crippen LogP contribution >= 0.6 is 11.8 Å². The third kappa shape index (κ3) is 5.05. The molecule has 0 saturated carbocycles. The van der Waals surface area contributed by atoms with E-state index in [-0.39, 0.29) is 11.4 Å². The topological polar surface area (TPSA) is 81.9 Å². The number of tetrazole rings is 1. The molecule has 0 fully saturated rings. The fourth-order valence-corrected chi connectivity index (χ4v) is 3.17. The number of alkyl halides is 3. The van der Waals surface area contributed by atoms with E-state index in [4.69, 9.17) is 4.74 Å². The Labute approximate surface area is 168 Å². The van der Waals surface area contributed by atoms with Gasteiger partial charge >= 0.3 is 6.18 Å². The fourth-order valence-electron chi connectivity index (χ4n) is 2.49. The molecule has 0 radical (unpaired) electrons. The van der Waals surface area contributed by atoms with Gasteiger partial charge in [-0.15, -0.1) is 5.10 Å². The van der Waals surface area contributed by atoms with Crippen molar-refractivity contribution in [3.05, 3.63) is 54.1 Å². The lowest BCUT2D eigenvalue weighted by atomic mass is 10.1. The van der Waals surface area contributed by atoms with E-state index < -0.39 is 17.6 Å². The van der Waals surface area contributed by atoms with E-state index >= 15 is 0 Å². The van der Waals surface area contributed by atoms with Gasteiger partial charge in [0.1, 0.15) is 11.4 Å². The Morgan fingerprint density at radius 2 is 1.90 bits per heavy atom. The molecular formula is C18H16F3N5O2S. The number of hydrogen-bond donors (Lipinski definition) is 1. The van der Waals surface area contributed by atoms with Crippen molar-refractivity contribution in [2.24, 2.45) is 0 Å². The van der Waals surface area contributed by atoms with Gasteiger partial charge < -0.3 is 10.1 Å². The molecule has 1 heterocycles. The second-order valence-electron chi connectivity index (χ2n) is 5.65. The number of thioether (sulfide) groups is 1. The predicted molar refractivity (Wildman–Crippen MR) is 101 cm³/mol. The monoisotopic (exact) mass is 423 g/mol. The highest BCUT2D eigenvalue weighted by Gasteiger charge is 2.33. The highest BCUT2D eigenvalue weighted by molar-refractivity contribution is 7.99. The van der Waals surface area contributed by atoms with Crippen LogP contribution in [0.15, 0.2) is 53.7 Å². The molecule has 1 aromatic heterocycles. The van der Waals surface area contributed by atoms with E-state index in [1.165, 1.54) is 22.9 Å². The maximum atomic E-state index is 13.1. The van der Waals surface area contributed by atoms with Gasteiger partial charge in [-0.1, -0.05) is 36.0 Å². The Balaban J connectivity index is 1.72. The second kappa shape index (κ2) is 8.95. The molecule has 1 N–H and O–H groups in total. The Bertz CT molecular complexity index is 993. The number of aromatic nitrogens is 4. The number of nitrogens with one attached hydrogen (secondary N) is 1. The molecule has 29 heavy (non-hydrogen) atoms. The number of carbonyl (C=O) groups excluding carboxylic acids is 1. The Hall–Kier alpha value is -3.08. The average molecular weight is 423 g/mol. The summed E-state index contributed by atoms with van der Waals surface area (Å²) in [6.45, 7) is 2.29. The lowest BCUT2D eigenvalue weighted by Gasteiger charge is -2.13. The van der Waals surface area contributed by atoms with Gasteiger partial charge in [0.15, 0.2) is 0 Å². The SMILES string of the molecule is CCOc1ccccc1-n1nnnc1SCC(=O)Nc1ccccc1C(F)(F)F. The van der Waals surface area contributed by atoms with Gasteiger partial charge in [-0.05, 0) is 41.6 Å². The molecule has 2 aromatic carbocycles. The van der Waals surface area contributed by atoms with E-state index in [0.717, 1.165) is 17.8 Å². The predicted octanol–water partition coefficient (Wildman–Crippen LogP) is 3.81. The first-order valence-corrected chi connectivity index (χ1v) is 9.48. The first kappa shape index (κ1) is 20.6. The molecule has 0 aliphatic heterocycles. The van der Waals surface area contributed by atoms with Crippen molar-refractivity contribution in [2.45, 2.75) is 18.3 Å². The van der Waals surface area contributed by atoms with Crippen LogP contribution in [-0.4, -0.2) is 38.5 Å². The van der Waals surface area contributed by atoms with E-state index in [1.54, 1.807) is 24.3 Å². The number of hydrogen-bond acceptors (Lipinski definition) is 6. The summed E-state index contributed by atoms with van der Waals surface area (Å²) in [5.41, 5.74) is -0.620. The normalized spacial score (nSPS) is 11.3. The van der Waals surface area contributed by atoms with Crippen molar-refractivity contribution in [2.75, 3.05) is 17.7 Å². The molecule has 0 aliphatic carbocycles. The molecule has 3 aromatic rings. The zero-order valence-corrected chi connectivity index (χ0v) is 16.0. The molecule has 152 valence electrons. The van der Waals surface area contributed by atoms with Crippen LogP contribution in [0.4, 0.5) is 18.9 Å². The molecule has 0 spiro atoms. The molecule has 1 amide bonds. The van der Waals surface area contributed by atoms with E-state index in [9.17, 15) is 18.0 Å². The van der Waals surface area contributed by atoms with Gasteiger partial charge in [0.2, 0.25) is 11.1 Å². The van der Waals surface area contributed by atoms with Gasteiger partial charge in [-0.25, -0.2) is 0 Å². The summed E-state index contributed by atoms with van der Waals surface area (Å²) in [5.74, 6) is -0.226. The van der Waals surface area contributed by atoms with Gasteiger partial charge in [0.05, 0.1) is 23.6 Å². The van der Waals surface area contributed by atoms with Crippen molar-refractivity contribution in [3.8, 4) is 11.4 Å². The van der Waals surface area contributed by atoms with Crippen LogP contribution < -0.4 is 10.1 Å². The summed E-state index contributed by atoms with van der Waals surface area (Å²) in [6.07, 6.45) is -4.57. The number of ether oxygens (including phenoxy) is 1. The van der Waals surface area contributed by atoms with Crippen LogP contribution in [0.1, 0.15) is 12.5 Å². The van der Waals surface area contributed by atoms with Crippen LogP contribution in [0, 0.1) is 0 Å². The minimum absolute atomic E-state index is 0.177. The minimum Gasteiger partial charge on any atom is -0.492 e. The Morgan fingerprint density at radius 1 is 1.17 bits per heavy atom. The molecular weight excluding hydrogens is 407 g/mol. The number of carbonyl (C=O) groups is 1. The molecule has 0 atom stereocenters. The van der Waals surface area contributed by atoms with Crippen LogP contribution in [0.5, 0.6) is 5.75 Å². The van der Waals surface area contributed by atoms with Crippen molar-refractivity contribution < 1.29 is 22.7 Å². The second-order valence-corrected chi connectivity index (χ2v) is 6.60. The fraction of sp³-hybridized carbons (Fsp3) is 0.222. The van der Waals surface area contributed by atoms with E-state index in [2.05, 4.69) is 20.8 Å². The van der Waals surface area contributed by atoms with Crippen molar-refractivity contribution in [1.29, 1.82) is 0 Å². The van der Waals surface area contributed by atoms with Crippen molar-refractivity contribution >= 4 is 23.4 Å². The molecule has 11 heteroatoms. The van der Waals surface area contributed by atoms with Crippen molar-refractivity contribution in [1.82, 2.24) is 20.2 Å². The molecule has 7 nitrogen and oxygen atoms in total. The summed E-state index contributed by atoms with van der Waals surface area (Å²) in [4.78, 5) is 12.2. The zero-order valence-electron chi connectivity index (χ0n) is 15.2. The van der Waals surface area contributed by atoms with E-state index in [1.807, 2.05) is 6.92 Å². The van der Waals surface area contributed by atoms with Crippen LogP contribution in [0.25, 0.3) is 5.69 Å². The third-order valence-corrected chi connectivity index (χ3v) is 4.59. The van der Waals surface area contributed by atoms with Crippen LogP contribution in [-0.2, 0) is 11.0 Å². The molecule has 0 unspecified atom stereocenters. The number of halogens is 3. The first-order valence-electron chi connectivity index (χ1n) is 8.49. The zero-order chi connectivity index (χ0) is 20.9. The van der Waals surface area contributed by atoms with E-state index in [0.29, 0.717) is 23.2 Å². The lowest BCUT2D eigenvalue weighted by molar-refractivity contribution is -0.137. The van der Waals surface area contributed by atoms with Gasteiger partial charge in [0, 0.05) is 0 Å². The van der Waals surface area contributed by atoms with Crippen molar-refractivity contribution in [3.63, 3.8) is 0 Å². The first-order chi connectivity index (χ1) is 13.9. The Kier molecular flexibility index (Phi) is 6.37. The van der Waals surface area contributed by atoms with Gasteiger partial charge in [-0.3, -0.25) is 4.79 Å². The largest absolute Gasteiger partial charge is 0.492 e. The maximum absolute atomic E-state index is 13.1. The number of rotatable bonds is 7. The Morgan fingerprint density at radius 3 is 2.66 bits per heavy atom. The summed E-state index contributed by atoms with van der Waals surface area (Å²) >= 11 is 0.994. The summed E-state index contributed by atoms with van der Waals surface area (Å²) in [6, 6.07) is 11.9. The number of nitrogens with zero attached hydrogens (tertiary/aromatic N) is 4. The summed E-state index contributed by atoms with van der Waals surface area (Å²) in [5, 5.41) is 14.0. The van der Waals surface area contributed by atoms with Crippen LogP contribution in [0.2, 0.25) is 0 Å². The third-order valence-electron chi connectivity index (χ3n) is 3.67. The summed E-state index contributed by atoms with van der Waals surface area (Å²) < 4.78 is 46.1. The van der Waals surface area contributed by atoms with Gasteiger partial charge in [-0.2, -0.15) is 17.9 Å². The number of anilines is 1. The molecule has 0 bridgehead atoms. The number of amides is 1.